The smallest absolute Gasteiger partial charge is 0.264 e. The lowest BCUT2D eigenvalue weighted by Gasteiger charge is -2.29. The van der Waals surface area contributed by atoms with E-state index in [4.69, 9.17) is 16.0 Å². The summed E-state index contributed by atoms with van der Waals surface area (Å²) in [5.41, 5.74) is 1.32. The zero-order valence-corrected chi connectivity index (χ0v) is 19.0. The summed E-state index contributed by atoms with van der Waals surface area (Å²) < 4.78 is 35.4. The number of rotatable bonds is 4. The number of nitrogens with zero attached hydrogens (tertiary/aromatic N) is 2. The Morgan fingerprint density at radius 2 is 1.76 bits per heavy atom. The highest BCUT2D eigenvalue weighted by Gasteiger charge is 2.35. The van der Waals surface area contributed by atoms with E-state index in [9.17, 15) is 8.42 Å². The van der Waals surface area contributed by atoms with Gasteiger partial charge in [0, 0.05) is 33.7 Å². The molecule has 1 atom stereocenters. The molecule has 0 N–H and O–H groups in total. The summed E-state index contributed by atoms with van der Waals surface area (Å²) in [6, 6.07) is 14.3. The first-order valence-corrected chi connectivity index (χ1v) is 12.0. The number of benzene rings is 2. The maximum atomic E-state index is 13.5. The van der Waals surface area contributed by atoms with E-state index in [0.717, 1.165) is 17.3 Å². The second-order valence-corrected chi connectivity index (χ2v) is 10.5. The number of sulfonamides is 1. The van der Waals surface area contributed by atoms with E-state index >= 15 is 0 Å². The predicted octanol–water partition coefficient (Wildman–Crippen LogP) is 5.85. The van der Waals surface area contributed by atoms with Crippen LogP contribution in [0.2, 0.25) is 5.02 Å². The molecule has 0 bridgehead atoms. The summed E-state index contributed by atoms with van der Waals surface area (Å²) in [6.45, 7) is 3.05. The Kier molecular flexibility index (Phi) is 5.84. The Balaban J connectivity index is 1.84. The van der Waals surface area contributed by atoms with E-state index in [1.807, 2.05) is 24.3 Å². The van der Waals surface area contributed by atoms with Crippen LogP contribution in [0.1, 0.15) is 19.8 Å². The van der Waals surface area contributed by atoms with Crippen molar-refractivity contribution in [1.82, 2.24) is 9.29 Å². The molecule has 29 heavy (non-hydrogen) atoms. The summed E-state index contributed by atoms with van der Waals surface area (Å²) in [5, 5.41) is 0.516. The second-order valence-electron chi connectivity index (χ2n) is 7.28. The minimum absolute atomic E-state index is 0.0492. The topological polar surface area (TPSA) is 63.4 Å². The van der Waals surface area contributed by atoms with Crippen LogP contribution in [0.3, 0.4) is 0 Å². The molecule has 2 aromatic carbocycles. The van der Waals surface area contributed by atoms with Crippen LogP contribution in [0.4, 0.5) is 0 Å². The Morgan fingerprint density at radius 1 is 1.10 bits per heavy atom. The third-order valence-corrected chi connectivity index (χ3v) is 7.56. The molecule has 0 aliphatic carbocycles. The van der Waals surface area contributed by atoms with E-state index in [1.165, 1.54) is 4.31 Å². The van der Waals surface area contributed by atoms with E-state index in [2.05, 4.69) is 27.8 Å². The Labute approximate surface area is 183 Å². The molecule has 3 aromatic rings. The van der Waals surface area contributed by atoms with Crippen LogP contribution in [0.15, 0.2) is 62.4 Å². The number of oxazole rings is 1. The van der Waals surface area contributed by atoms with Crippen molar-refractivity contribution in [3.63, 3.8) is 0 Å². The van der Waals surface area contributed by atoms with E-state index < -0.39 is 10.0 Å². The second kappa shape index (κ2) is 8.22. The molecule has 0 saturated carbocycles. The van der Waals surface area contributed by atoms with Gasteiger partial charge in [0.1, 0.15) is 0 Å². The van der Waals surface area contributed by atoms with E-state index in [-0.39, 0.29) is 16.7 Å². The molecular formula is C21H20BrClN2O3S. The average molecular weight is 496 g/mol. The monoisotopic (exact) mass is 494 g/mol. The van der Waals surface area contributed by atoms with Crippen molar-refractivity contribution in [3.05, 3.63) is 58.0 Å². The molecular weight excluding hydrogens is 476 g/mol. The molecule has 1 aromatic heterocycles. The summed E-state index contributed by atoms with van der Waals surface area (Å²) in [5.74, 6) is 0.819. The standard InChI is InChI=1S/C21H20BrClN2O3S/c1-14-3-2-12-25(13-14)29(26,27)21-19(15-6-10-18(23)11-7-15)28-20(24-21)16-4-8-17(22)9-5-16/h4-11,14H,2-3,12-13H2,1H3/t14-/m0/s1. The van der Waals surface area contributed by atoms with Crippen molar-refractivity contribution < 1.29 is 12.8 Å². The van der Waals surface area contributed by atoms with E-state index in [1.54, 1.807) is 24.3 Å². The molecule has 1 saturated heterocycles. The average Bonchev–Trinajstić information content (AvgIpc) is 3.15. The van der Waals surface area contributed by atoms with Gasteiger partial charge in [-0.1, -0.05) is 34.5 Å². The summed E-state index contributed by atoms with van der Waals surface area (Å²) in [4.78, 5) is 4.44. The molecule has 2 heterocycles. The van der Waals surface area contributed by atoms with Crippen molar-refractivity contribution in [2.45, 2.75) is 24.8 Å². The molecule has 5 nitrogen and oxygen atoms in total. The molecule has 8 heteroatoms. The van der Waals surface area contributed by atoms with Gasteiger partial charge in [-0.05, 0) is 67.3 Å². The highest BCUT2D eigenvalue weighted by atomic mass is 79.9. The van der Waals surface area contributed by atoms with Gasteiger partial charge in [-0.25, -0.2) is 8.42 Å². The molecule has 0 unspecified atom stereocenters. The van der Waals surface area contributed by atoms with Gasteiger partial charge in [-0.3, -0.25) is 0 Å². The minimum Gasteiger partial charge on any atom is -0.435 e. The predicted molar refractivity (Wildman–Crippen MR) is 117 cm³/mol. The number of piperidine rings is 1. The molecule has 4 rings (SSSR count). The molecule has 1 aliphatic rings. The first-order valence-electron chi connectivity index (χ1n) is 9.37. The van der Waals surface area contributed by atoms with Gasteiger partial charge in [-0.15, -0.1) is 0 Å². The first-order chi connectivity index (χ1) is 13.8. The van der Waals surface area contributed by atoms with Gasteiger partial charge in [0.05, 0.1) is 0 Å². The van der Waals surface area contributed by atoms with Crippen LogP contribution in [0.5, 0.6) is 0 Å². The highest BCUT2D eigenvalue weighted by molar-refractivity contribution is 9.10. The zero-order chi connectivity index (χ0) is 20.6. The number of hydrogen-bond donors (Lipinski definition) is 0. The Hall–Kier alpha value is -1.67. The highest BCUT2D eigenvalue weighted by Crippen LogP contribution is 2.35. The maximum Gasteiger partial charge on any atom is 0.264 e. The lowest BCUT2D eigenvalue weighted by molar-refractivity contribution is 0.280. The number of aromatic nitrogens is 1. The van der Waals surface area contributed by atoms with Gasteiger partial charge in [0.15, 0.2) is 5.76 Å². The molecule has 152 valence electrons. The Bertz CT molecular complexity index is 1110. The lowest BCUT2D eigenvalue weighted by atomic mass is 10.0. The maximum absolute atomic E-state index is 13.5. The molecule has 1 fully saturated rings. The largest absolute Gasteiger partial charge is 0.435 e. The third kappa shape index (κ3) is 4.28. The van der Waals surface area contributed by atoms with Crippen LogP contribution in [0, 0.1) is 5.92 Å². The fraction of sp³-hybridized carbons (Fsp3) is 0.286. The fourth-order valence-corrected chi connectivity index (χ4v) is 5.51. The Morgan fingerprint density at radius 3 is 2.41 bits per heavy atom. The quantitative estimate of drug-likeness (QED) is 0.456. The lowest BCUT2D eigenvalue weighted by Crippen LogP contribution is -2.39. The first kappa shape index (κ1) is 20.6. The molecule has 1 aliphatic heterocycles. The van der Waals surface area contributed by atoms with Crippen LogP contribution in [-0.2, 0) is 10.0 Å². The van der Waals surface area contributed by atoms with Crippen LogP contribution < -0.4 is 0 Å². The van der Waals surface area contributed by atoms with Crippen LogP contribution in [0.25, 0.3) is 22.8 Å². The van der Waals surface area contributed by atoms with Gasteiger partial charge in [-0.2, -0.15) is 9.29 Å². The molecule has 0 spiro atoms. The van der Waals surface area contributed by atoms with Crippen molar-refractivity contribution >= 4 is 37.6 Å². The van der Waals surface area contributed by atoms with E-state index in [0.29, 0.717) is 35.2 Å². The zero-order valence-electron chi connectivity index (χ0n) is 15.8. The molecule has 0 amide bonds. The van der Waals surface area contributed by atoms with Crippen molar-refractivity contribution in [3.8, 4) is 22.8 Å². The fourth-order valence-electron chi connectivity index (χ4n) is 3.47. The summed E-state index contributed by atoms with van der Waals surface area (Å²) in [6.07, 6.45) is 1.87. The summed E-state index contributed by atoms with van der Waals surface area (Å²) in [7, 11) is -3.79. The van der Waals surface area contributed by atoms with Gasteiger partial charge in [0.2, 0.25) is 10.9 Å². The minimum atomic E-state index is -3.79. The number of hydrogen-bond acceptors (Lipinski definition) is 4. The van der Waals surface area contributed by atoms with Crippen LogP contribution >= 0.6 is 27.5 Å². The van der Waals surface area contributed by atoms with Gasteiger partial charge in [0.25, 0.3) is 10.0 Å². The van der Waals surface area contributed by atoms with Crippen molar-refractivity contribution in [1.29, 1.82) is 0 Å². The van der Waals surface area contributed by atoms with Gasteiger partial charge < -0.3 is 4.42 Å². The number of halogens is 2. The summed E-state index contributed by atoms with van der Waals surface area (Å²) >= 11 is 9.41. The molecule has 0 radical (unpaired) electrons. The van der Waals surface area contributed by atoms with Crippen molar-refractivity contribution in [2.24, 2.45) is 5.92 Å². The van der Waals surface area contributed by atoms with Crippen LogP contribution in [-0.4, -0.2) is 30.8 Å². The SMILES string of the molecule is C[C@H]1CCCN(S(=O)(=O)c2nc(-c3ccc(Br)cc3)oc2-c2ccc(Cl)cc2)C1. The van der Waals surface area contributed by atoms with Gasteiger partial charge >= 0.3 is 0 Å². The third-order valence-electron chi connectivity index (χ3n) is 5.00. The normalized spacial score (nSPS) is 18.1. The van der Waals surface area contributed by atoms with Crippen molar-refractivity contribution in [2.75, 3.05) is 13.1 Å².